The zero-order chi connectivity index (χ0) is 48.4. The van der Waals surface area contributed by atoms with Crippen molar-refractivity contribution in [1.29, 1.82) is 0 Å². The van der Waals surface area contributed by atoms with E-state index >= 15 is 0 Å². The van der Waals surface area contributed by atoms with Crippen LogP contribution < -0.4 is 5.11 Å². The monoisotopic (exact) mass is 924 g/mol. The predicted octanol–water partition coefficient (Wildman–Crippen LogP) is 14.5. The predicted molar refractivity (Wildman–Crippen MR) is 277 cm³/mol. The molecule has 0 aliphatic rings. The average molecular weight is 924 g/mol. The number of likely N-dealkylation sites (N-methyl/N-ethyl adjacent to an activating group) is 1. The van der Waals surface area contributed by atoms with Gasteiger partial charge in [0.05, 0.1) is 40.3 Å². The summed E-state index contributed by atoms with van der Waals surface area (Å²) in [5, 5.41) is 11.7. The normalized spacial score (nSPS) is 13.4. The maximum atomic E-state index is 12.8. The number of rotatable bonds is 48. The van der Waals surface area contributed by atoms with Gasteiger partial charge in [-0.25, -0.2) is 0 Å². The number of allylic oxidation sites excluding steroid dienone is 12. The zero-order valence-corrected chi connectivity index (χ0v) is 43.3. The highest BCUT2D eigenvalue weighted by Gasteiger charge is 2.25. The van der Waals surface area contributed by atoms with Crippen LogP contribution in [0.25, 0.3) is 0 Å². The van der Waals surface area contributed by atoms with Crippen molar-refractivity contribution in [3.63, 3.8) is 0 Å². The Bertz CT molecular complexity index is 1310. The summed E-state index contributed by atoms with van der Waals surface area (Å²) in [7, 11) is 5.41. The number of carbonyl (C=O) groups is 3. The number of quaternary nitrogens is 1. The third-order valence-electron chi connectivity index (χ3n) is 11.9. The number of hydrogen-bond donors (Lipinski definition) is 0. The van der Waals surface area contributed by atoms with Crippen LogP contribution in [-0.4, -0.2) is 75.5 Å². The molecule has 2 atom stereocenters. The first-order valence-corrected chi connectivity index (χ1v) is 27.0. The fourth-order valence-corrected chi connectivity index (χ4v) is 7.70. The van der Waals surface area contributed by atoms with Crippen molar-refractivity contribution in [2.75, 3.05) is 41.0 Å². The lowest BCUT2D eigenvalue weighted by molar-refractivity contribution is -0.889. The minimum Gasteiger partial charge on any atom is -0.544 e. The maximum Gasteiger partial charge on any atom is 0.306 e. The molecule has 0 saturated carbocycles. The SMILES string of the molecule is CC/C=C/C/C=C/C/C=C/C/C=C/CCCCCCCCCCCC(=O)OC(COCCC(C(=O)[O-])[N+](C)(C)C)COC(=O)CCCCCCCCCCCC/C=C/C=C/CCCCCC. The van der Waals surface area contributed by atoms with E-state index in [1.54, 1.807) is 21.1 Å². The third kappa shape index (κ3) is 45.9. The summed E-state index contributed by atoms with van der Waals surface area (Å²) in [5.74, 6) is -1.74. The molecule has 0 saturated heterocycles. The number of unbranched alkanes of at least 4 members (excludes halogenated alkanes) is 23. The van der Waals surface area contributed by atoms with Crippen LogP contribution in [0.5, 0.6) is 0 Å². The molecule has 66 heavy (non-hydrogen) atoms. The molecular formula is C58H101NO7. The summed E-state index contributed by atoms with van der Waals surface area (Å²) in [6.45, 7) is 4.54. The molecule has 0 fully saturated rings. The third-order valence-corrected chi connectivity index (χ3v) is 11.9. The first-order chi connectivity index (χ1) is 32.1. The first-order valence-electron chi connectivity index (χ1n) is 27.0. The van der Waals surface area contributed by atoms with Crippen LogP contribution in [-0.2, 0) is 28.6 Å². The van der Waals surface area contributed by atoms with Gasteiger partial charge in [0.25, 0.3) is 0 Å². The van der Waals surface area contributed by atoms with Crippen molar-refractivity contribution >= 4 is 17.9 Å². The molecule has 0 aromatic carbocycles. The molecule has 0 spiro atoms. The summed E-state index contributed by atoms with van der Waals surface area (Å²) >= 11 is 0. The Morgan fingerprint density at radius 1 is 0.485 bits per heavy atom. The van der Waals surface area contributed by atoms with Crippen molar-refractivity contribution in [1.82, 2.24) is 0 Å². The van der Waals surface area contributed by atoms with Crippen molar-refractivity contribution < 1.29 is 38.2 Å². The highest BCUT2D eigenvalue weighted by atomic mass is 16.6. The highest BCUT2D eigenvalue weighted by molar-refractivity contribution is 5.70. The smallest absolute Gasteiger partial charge is 0.306 e. The summed E-state index contributed by atoms with van der Waals surface area (Å²) < 4.78 is 17.3. The van der Waals surface area contributed by atoms with Gasteiger partial charge >= 0.3 is 11.9 Å². The molecule has 8 heteroatoms. The minimum atomic E-state index is -1.13. The molecule has 8 nitrogen and oxygen atoms in total. The van der Waals surface area contributed by atoms with Crippen molar-refractivity contribution in [3.05, 3.63) is 72.9 Å². The highest BCUT2D eigenvalue weighted by Crippen LogP contribution is 2.15. The minimum absolute atomic E-state index is 0.0350. The van der Waals surface area contributed by atoms with Gasteiger partial charge in [0, 0.05) is 19.3 Å². The summed E-state index contributed by atoms with van der Waals surface area (Å²) in [6.07, 6.45) is 62.1. The second-order valence-electron chi connectivity index (χ2n) is 19.1. The van der Waals surface area contributed by atoms with Gasteiger partial charge in [-0.05, 0) is 77.0 Å². The van der Waals surface area contributed by atoms with E-state index in [1.165, 1.54) is 122 Å². The van der Waals surface area contributed by atoms with Crippen LogP contribution in [0.1, 0.15) is 226 Å². The maximum absolute atomic E-state index is 12.8. The fraction of sp³-hybridized carbons (Fsp3) is 0.741. The fourth-order valence-electron chi connectivity index (χ4n) is 7.70. The van der Waals surface area contributed by atoms with Gasteiger partial charge in [0.15, 0.2) is 6.10 Å². The first kappa shape index (κ1) is 62.8. The molecule has 0 radical (unpaired) electrons. The Labute approximate surface area is 406 Å². The van der Waals surface area contributed by atoms with E-state index in [0.29, 0.717) is 12.8 Å². The molecule has 0 aliphatic carbocycles. The van der Waals surface area contributed by atoms with Gasteiger partial charge in [-0.2, -0.15) is 0 Å². The van der Waals surface area contributed by atoms with E-state index < -0.39 is 18.1 Å². The molecule has 380 valence electrons. The largest absolute Gasteiger partial charge is 0.544 e. The lowest BCUT2D eigenvalue weighted by Gasteiger charge is -2.34. The van der Waals surface area contributed by atoms with Crippen molar-refractivity contribution in [3.8, 4) is 0 Å². The van der Waals surface area contributed by atoms with Gasteiger partial charge in [-0.3, -0.25) is 9.59 Å². The number of nitrogens with zero attached hydrogens (tertiary/aromatic N) is 1. The van der Waals surface area contributed by atoms with E-state index in [1.807, 2.05) is 0 Å². The number of carboxylic acid groups (broad SMARTS) is 1. The van der Waals surface area contributed by atoms with Gasteiger partial charge in [0.2, 0.25) is 0 Å². The number of aliphatic carboxylic acids is 1. The summed E-state index contributed by atoms with van der Waals surface area (Å²) in [4.78, 5) is 37.1. The number of carboxylic acids is 1. The second kappa shape index (κ2) is 48.2. The van der Waals surface area contributed by atoms with E-state index in [-0.39, 0.29) is 42.7 Å². The molecule has 0 N–H and O–H groups in total. The van der Waals surface area contributed by atoms with Crippen molar-refractivity contribution in [2.24, 2.45) is 0 Å². The lowest BCUT2D eigenvalue weighted by atomic mass is 10.1. The molecule has 0 aliphatic heterocycles. The zero-order valence-electron chi connectivity index (χ0n) is 43.3. The van der Waals surface area contributed by atoms with Crippen LogP contribution in [0, 0.1) is 0 Å². The van der Waals surface area contributed by atoms with Gasteiger partial charge in [0.1, 0.15) is 12.6 Å². The van der Waals surface area contributed by atoms with Gasteiger partial charge in [-0.15, -0.1) is 0 Å². The summed E-state index contributed by atoms with van der Waals surface area (Å²) in [6, 6.07) is -0.731. The number of esters is 2. The molecule has 0 aromatic heterocycles. The molecule has 2 unspecified atom stereocenters. The van der Waals surface area contributed by atoms with Crippen molar-refractivity contribution in [2.45, 2.75) is 238 Å². The van der Waals surface area contributed by atoms with Crippen LogP contribution >= 0.6 is 0 Å². The Hall–Kier alpha value is -3.23. The van der Waals surface area contributed by atoms with Crippen LogP contribution in [0.15, 0.2) is 72.9 Å². The molecule has 0 aromatic rings. The van der Waals surface area contributed by atoms with Gasteiger partial charge < -0.3 is 28.6 Å². The topological polar surface area (TPSA) is 102 Å². The summed E-state index contributed by atoms with van der Waals surface area (Å²) in [5.41, 5.74) is 0. The van der Waals surface area contributed by atoms with Gasteiger partial charge in [-0.1, -0.05) is 202 Å². The van der Waals surface area contributed by atoms with E-state index in [9.17, 15) is 19.5 Å². The quantitative estimate of drug-likeness (QED) is 0.0197. The Kier molecular flexibility index (Phi) is 45.9. The van der Waals surface area contributed by atoms with E-state index in [0.717, 1.165) is 70.6 Å². The van der Waals surface area contributed by atoms with Crippen LogP contribution in [0.3, 0.4) is 0 Å². The van der Waals surface area contributed by atoms with Crippen LogP contribution in [0.2, 0.25) is 0 Å². The van der Waals surface area contributed by atoms with Crippen LogP contribution in [0.4, 0.5) is 0 Å². The molecule has 0 amide bonds. The average Bonchev–Trinajstić information content (AvgIpc) is 3.28. The Morgan fingerprint density at radius 3 is 1.35 bits per heavy atom. The Balaban J connectivity index is 4.24. The number of hydrogen-bond acceptors (Lipinski definition) is 7. The second-order valence-corrected chi connectivity index (χ2v) is 19.1. The number of carbonyl (C=O) groups excluding carboxylic acids is 3. The molecular weight excluding hydrogens is 823 g/mol. The number of ether oxygens (including phenoxy) is 3. The standard InChI is InChI=1S/C58H101NO7/c1-6-8-10-12-14-16-18-20-22-24-26-28-29-31-33-35-37-39-41-43-45-47-49-57(61)66-54(52-64-51-50-55(58(62)63)59(3,4)5)53-65-56(60)48-46-44-42-40-38-36-34-32-30-27-25-23-21-19-17-15-13-11-9-7-2/h8,10,14,16-17,19-23,26,28,54-55H,6-7,9,11-13,15,18,24-25,27,29-53H2,1-5H3/b10-8+,16-14+,19-17+,22-20+,23-21+,28-26+. The van der Waals surface area contributed by atoms with E-state index in [2.05, 4.69) is 86.8 Å². The van der Waals surface area contributed by atoms with E-state index in [4.69, 9.17) is 14.2 Å². The molecule has 0 bridgehead atoms. The molecule has 0 heterocycles. The lowest BCUT2D eigenvalue weighted by Crippen LogP contribution is -2.55. The molecule has 0 rings (SSSR count). The Morgan fingerprint density at radius 2 is 0.894 bits per heavy atom.